The number of pyridine rings is 1. The average Bonchev–Trinajstić information content (AvgIpc) is 3.59. The van der Waals surface area contributed by atoms with Gasteiger partial charge in [0.05, 0.1) is 32.7 Å². The zero-order chi connectivity index (χ0) is 34.8. The molecule has 0 radical (unpaired) electrons. The summed E-state index contributed by atoms with van der Waals surface area (Å²) in [4.78, 5) is 39.7. The third-order valence-corrected chi connectivity index (χ3v) is 11.2. The standard InChI is InChI=1S/C38H43ClN6O3S/c1-21-18-29-36(32(24-8-10-26(39)11-9-24)31(21)35(22(2)46)48-38(4,5)6)49-37(41-29)28-12-13-30-34(40-28)33(42-43(30)7)25-14-16-44(17-15-25)27-19-45(20-27)23(3)47/h8-13,18,25,27,35H,14-17,19-20H2,1-7H3/t35-/m1/s1. The van der Waals surface area contributed by atoms with Gasteiger partial charge in [-0.15, -0.1) is 11.3 Å². The number of aromatic nitrogens is 4. The van der Waals surface area contributed by atoms with Gasteiger partial charge in [0.15, 0.2) is 5.78 Å². The van der Waals surface area contributed by atoms with Gasteiger partial charge in [-0.2, -0.15) is 5.10 Å². The average molecular weight is 699 g/mol. The molecule has 2 aromatic carbocycles. The van der Waals surface area contributed by atoms with Gasteiger partial charge in [0.2, 0.25) is 5.91 Å². The predicted molar refractivity (Wildman–Crippen MR) is 196 cm³/mol. The number of ketones is 1. The van der Waals surface area contributed by atoms with Crippen molar-refractivity contribution < 1.29 is 14.3 Å². The van der Waals surface area contributed by atoms with Crippen LogP contribution in [0.4, 0.5) is 0 Å². The summed E-state index contributed by atoms with van der Waals surface area (Å²) >= 11 is 7.90. The predicted octanol–water partition coefficient (Wildman–Crippen LogP) is 7.73. The lowest BCUT2D eigenvalue weighted by atomic mass is 9.90. The number of halogens is 1. The van der Waals surface area contributed by atoms with Crippen LogP contribution in [-0.2, 0) is 21.4 Å². The molecule has 256 valence electrons. The van der Waals surface area contributed by atoms with Crippen molar-refractivity contribution in [3.63, 3.8) is 0 Å². The Morgan fingerprint density at radius 3 is 2.35 bits per heavy atom. The summed E-state index contributed by atoms with van der Waals surface area (Å²) in [5.41, 5.74) is 7.78. The molecule has 0 aliphatic carbocycles. The molecule has 2 fully saturated rings. The second kappa shape index (κ2) is 12.9. The number of hydrogen-bond acceptors (Lipinski definition) is 8. The summed E-state index contributed by atoms with van der Waals surface area (Å²) in [7, 11) is 1.98. The van der Waals surface area contributed by atoms with Crippen LogP contribution < -0.4 is 0 Å². The van der Waals surface area contributed by atoms with E-state index in [4.69, 9.17) is 31.4 Å². The van der Waals surface area contributed by atoms with Gasteiger partial charge >= 0.3 is 0 Å². The van der Waals surface area contributed by atoms with Gasteiger partial charge in [0.1, 0.15) is 16.6 Å². The highest BCUT2D eigenvalue weighted by atomic mass is 35.5. The molecule has 0 bridgehead atoms. The molecule has 11 heteroatoms. The molecule has 0 spiro atoms. The van der Waals surface area contributed by atoms with Gasteiger partial charge < -0.3 is 9.64 Å². The summed E-state index contributed by atoms with van der Waals surface area (Å²) in [6.07, 6.45) is 1.28. The maximum absolute atomic E-state index is 13.2. The molecular weight excluding hydrogens is 656 g/mol. The molecule has 7 rings (SSSR count). The number of amides is 1. The molecule has 3 aromatic heterocycles. The number of benzene rings is 2. The number of carbonyl (C=O) groups excluding carboxylic acids is 2. The number of ether oxygens (including phenoxy) is 1. The lowest BCUT2D eigenvalue weighted by Crippen LogP contribution is -2.61. The number of aryl methyl sites for hydroxylation is 2. The van der Waals surface area contributed by atoms with Crippen LogP contribution in [0.5, 0.6) is 0 Å². The highest BCUT2D eigenvalue weighted by Gasteiger charge is 2.36. The number of nitrogens with zero attached hydrogens (tertiary/aromatic N) is 6. The van der Waals surface area contributed by atoms with Gasteiger partial charge in [-0.1, -0.05) is 23.7 Å². The Hall–Kier alpha value is -3.70. The first kappa shape index (κ1) is 33.8. The van der Waals surface area contributed by atoms with Crippen LogP contribution in [0.2, 0.25) is 5.02 Å². The van der Waals surface area contributed by atoms with Crippen molar-refractivity contribution in [3.8, 4) is 21.8 Å². The maximum atomic E-state index is 13.2. The molecule has 2 aliphatic rings. The first-order chi connectivity index (χ1) is 23.3. The first-order valence-electron chi connectivity index (χ1n) is 17.0. The number of likely N-dealkylation sites (tertiary alicyclic amines) is 2. The molecular formula is C38H43ClN6O3S. The highest BCUT2D eigenvalue weighted by molar-refractivity contribution is 7.22. The van der Waals surface area contributed by atoms with Crippen LogP contribution in [0.1, 0.15) is 76.3 Å². The van der Waals surface area contributed by atoms with Gasteiger partial charge in [0, 0.05) is 55.2 Å². The second-order valence-corrected chi connectivity index (χ2v) is 16.0. The number of Topliss-reactive ketones (excluding diaryl/α,β-unsaturated/α-hetero) is 1. The third-order valence-electron chi connectivity index (χ3n) is 9.85. The van der Waals surface area contributed by atoms with Crippen LogP contribution in [0.3, 0.4) is 0 Å². The van der Waals surface area contributed by atoms with Crippen molar-refractivity contribution in [1.29, 1.82) is 0 Å². The summed E-state index contributed by atoms with van der Waals surface area (Å²) in [5, 5.41) is 6.44. The molecule has 0 saturated carbocycles. The summed E-state index contributed by atoms with van der Waals surface area (Å²) in [6.45, 7) is 14.8. The number of carbonyl (C=O) groups is 2. The van der Waals surface area contributed by atoms with Crippen molar-refractivity contribution in [3.05, 3.63) is 64.3 Å². The Labute approximate surface area is 296 Å². The fraction of sp³-hybridized carbons (Fsp3) is 0.447. The summed E-state index contributed by atoms with van der Waals surface area (Å²) in [6, 6.07) is 14.4. The van der Waals surface area contributed by atoms with E-state index in [2.05, 4.69) is 17.0 Å². The van der Waals surface area contributed by atoms with E-state index in [1.165, 1.54) is 0 Å². The van der Waals surface area contributed by atoms with Crippen molar-refractivity contribution in [2.75, 3.05) is 26.2 Å². The Morgan fingerprint density at radius 1 is 1.02 bits per heavy atom. The zero-order valence-corrected chi connectivity index (χ0v) is 30.8. The van der Waals surface area contributed by atoms with Crippen LogP contribution in [0.15, 0.2) is 42.5 Å². The molecule has 1 atom stereocenters. The quantitative estimate of drug-likeness (QED) is 0.172. The van der Waals surface area contributed by atoms with Crippen LogP contribution in [0.25, 0.3) is 43.1 Å². The largest absolute Gasteiger partial charge is 0.360 e. The van der Waals surface area contributed by atoms with Crippen LogP contribution in [0, 0.1) is 6.92 Å². The van der Waals surface area contributed by atoms with E-state index in [1.54, 1.807) is 25.2 Å². The molecule has 9 nitrogen and oxygen atoms in total. The van der Waals surface area contributed by atoms with E-state index >= 15 is 0 Å². The van der Waals surface area contributed by atoms with E-state index in [-0.39, 0.29) is 11.7 Å². The van der Waals surface area contributed by atoms with Gasteiger partial charge in [-0.05, 0) is 102 Å². The number of rotatable bonds is 7. The second-order valence-electron chi connectivity index (χ2n) is 14.5. The van der Waals surface area contributed by atoms with Crippen molar-refractivity contribution in [1.82, 2.24) is 29.5 Å². The summed E-state index contributed by atoms with van der Waals surface area (Å²) in [5.74, 6) is 0.424. The molecule has 49 heavy (non-hydrogen) atoms. The van der Waals surface area contributed by atoms with E-state index < -0.39 is 11.7 Å². The van der Waals surface area contributed by atoms with E-state index in [9.17, 15) is 9.59 Å². The molecule has 5 heterocycles. The Morgan fingerprint density at radius 2 is 1.71 bits per heavy atom. The zero-order valence-electron chi connectivity index (χ0n) is 29.2. The topological polar surface area (TPSA) is 93.4 Å². The molecule has 2 aliphatic heterocycles. The molecule has 0 N–H and O–H groups in total. The Kier molecular flexibility index (Phi) is 8.88. The SMILES string of the molecule is CC(=O)[C@@H](OC(C)(C)C)c1c(C)cc2nc(-c3ccc4c(n3)c(C3CCN(C5CN(C(C)=O)C5)CC3)nn4C)sc2c1-c1ccc(Cl)cc1. The minimum atomic E-state index is -0.739. The Bertz CT molecular complexity index is 2070. The lowest BCUT2D eigenvalue weighted by molar-refractivity contribution is -0.138. The number of hydrogen-bond donors (Lipinski definition) is 0. The van der Waals surface area contributed by atoms with Crippen molar-refractivity contribution >= 4 is 55.9 Å². The van der Waals surface area contributed by atoms with Crippen LogP contribution >= 0.6 is 22.9 Å². The molecule has 0 unspecified atom stereocenters. The van der Waals surface area contributed by atoms with E-state index in [0.717, 1.165) is 98.9 Å². The van der Waals surface area contributed by atoms with Crippen molar-refractivity contribution in [2.24, 2.45) is 7.05 Å². The lowest BCUT2D eigenvalue weighted by Gasteiger charge is -2.47. The minimum Gasteiger partial charge on any atom is -0.360 e. The highest BCUT2D eigenvalue weighted by Crippen LogP contribution is 2.45. The fourth-order valence-corrected chi connectivity index (χ4v) is 8.52. The number of fused-ring (bicyclic) bond motifs is 2. The van der Waals surface area contributed by atoms with Gasteiger partial charge in [0.25, 0.3) is 0 Å². The Balaban J connectivity index is 1.27. The fourth-order valence-electron chi connectivity index (χ4n) is 7.30. The molecule has 2 saturated heterocycles. The van der Waals surface area contributed by atoms with E-state index in [1.807, 2.05) is 74.7 Å². The van der Waals surface area contributed by atoms with Crippen molar-refractivity contribution in [2.45, 2.75) is 78.0 Å². The minimum absolute atomic E-state index is 0.0508. The molecule has 1 amide bonds. The normalized spacial score (nSPS) is 17.2. The van der Waals surface area contributed by atoms with Gasteiger partial charge in [-0.25, -0.2) is 9.97 Å². The monoisotopic (exact) mass is 698 g/mol. The van der Waals surface area contributed by atoms with Crippen LogP contribution in [-0.4, -0.2) is 79.1 Å². The smallest absolute Gasteiger partial charge is 0.219 e. The first-order valence-corrected chi connectivity index (χ1v) is 18.2. The number of thiazole rings is 1. The number of piperidine rings is 1. The maximum Gasteiger partial charge on any atom is 0.219 e. The molecule has 5 aromatic rings. The third kappa shape index (κ3) is 6.52. The van der Waals surface area contributed by atoms with E-state index in [0.29, 0.717) is 17.0 Å². The summed E-state index contributed by atoms with van der Waals surface area (Å²) < 4.78 is 9.34. The van der Waals surface area contributed by atoms with Gasteiger partial charge in [-0.3, -0.25) is 19.2 Å².